The highest BCUT2D eigenvalue weighted by molar-refractivity contribution is 5.66. The molecule has 1 rings (SSSR count). The van der Waals surface area contributed by atoms with Gasteiger partial charge in [-0.05, 0) is 25.1 Å². The quantitative estimate of drug-likeness (QED) is 0.656. The molecule has 0 amide bonds. The van der Waals surface area contributed by atoms with Gasteiger partial charge in [0, 0.05) is 6.54 Å². The van der Waals surface area contributed by atoms with E-state index in [2.05, 4.69) is 5.32 Å². The van der Waals surface area contributed by atoms with Crippen LogP contribution >= 0.6 is 0 Å². The molecule has 2 N–H and O–H groups in total. The summed E-state index contributed by atoms with van der Waals surface area (Å²) in [5.74, 6) is 0.0982. The molecule has 0 fully saturated rings. The van der Waals surface area contributed by atoms with Gasteiger partial charge in [0.1, 0.15) is 5.75 Å². The molecule has 1 aromatic rings. The van der Waals surface area contributed by atoms with Crippen molar-refractivity contribution in [3.63, 3.8) is 0 Å². The van der Waals surface area contributed by atoms with Gasteiger partial charge in [-0.15, -0.1) is 0 Å². The largest absolute Gasteiger partial charge is 0.494 e. The molecule has 0 aromatic heterocycles. The molecule has 0 atom stereocenters. The van der Waals surface area contributed by atoms with E-state index < -0.39 is 5.97 Å². The van der Waals surface area contributed by atoms with Crippen LogP contribution in [-0.4, -0.2) is 30.8 Å². The van der Waals surface area contributed by atoms with Crippen molar-refractivity contribution in [2.45, 2.75) is 12.8 Å². The lowest BCUT2D eigenvalue weighted by Crippen LogP contribution is -2.20. The van der Waals surface area contributed by atoms with Crippen molar-refractivity contribution in [2.75, 3.05) is 19.7 Å². The predicted octanol–water partition coefficient (Wildman–Crippen LogP) is 1.52. The van der Waals surface area contributed by atoms with E-state index in [0.29, 0.717) is 13.2 Å². The second-order valence-corrected chi connectivity index (χ2v) is 3.41. The first-order chi connectivity index (χ1) is 7.79. The van der Waals surface area contributed by atoms with Crippen LogP contribution in [0.3, 0.4) is 0 Å². The second-order valence-electron chi connectivity index (χ2n) is 3.41. The van der Waals surface area contributed by atoms with Gasteiger partial charge in [-0.2, -0.15) is 0 Å². The van der Waals surface area contributed by atoms with Crippen molar-refractivity contribution >= 4 is 5.97 Å². The van der Waals surface area contributed by atoms with Crippen LogP contribution < -0.4 is 10.1 Å². The minimum atomic E-state index is -0.770. The lowest BCUT2D eigenvalue weighted by Gasteiger charge is -2.06. The van der Waals surface area contributed by atoms with E-state index in [9.17, 15) is 4.79 Å². The van der Waals surface area contributed by atoms with Crippen LogP contribution in [0.2, 0.25) is 0 Å². The molecular weight excluding hydrogens is 206 g/mol. The number of hydrogen-bond acceptors (Lipinski definition) is 3. The van der Waals surface area contributed by atoms with Crippen LogP contribution in [0.25, 0.3) is 0 Å². The van der Waals surface area contributed by atoms with Crippen LogP contribution in [0.15, 0.2) is 30.3 Å². The molecule has 0 aliphatic heterocycles. The number of nitrogens with one attached hydrogen (secondary N) is 1. The van der Waals surface area contributed by atoms with E-state index >= 15 is 0 Å². The number of carboxylic acids is 1. The van der Waals surface area contributed by atoms with Gasteiger partial charge in [-0.25, -0.2) is 0 Å². The zero-order chi connectivity index (χ0) is 11.6. The van der Waals surface area contributed by atoms with Gasteiger partial charge in [-0.1, -0.05) is 18.2 Å². The molecule has 0 heterocycles. The average molecular weight is 223 g/mol. The molecule has 0 radical (unpaired) electrons. The Bertz CT molecular complexity index is 300. The fraction of sp³-hybridized carbons (Fsp3) is 0.417. The molecule has 0 aliphatic rings. The number of ether oxygens (including phenoxy) is 1. The van der Waals surface area contributed by atoms with Crippen molar-refractivity contribution < 1.29 is 14.6 Å². The molecule has 0 saturated carbocycles. The number of hydrogen-bond donors (Lipinski definition) is 2. The van der Waals surface area contributed by atoms with Gasteiger partial charge in [0.05, 0.1) is 13.0 Å². The van der Waals surface area contributed by atoms with Crippen molar-refractivity contribution in [2.24, 2.45) is 0 Å². The Balaban J connectivity index is 1.94. The number of carboxylic acid groups (broad SMARTS) is 1. The SMILES string of the molecule is O=C(O)CCNCCCOc1ccccc1. The maximum Gasteiger partial charge on any atom is 0.304 e. The number of benzene rings is 1. The first kappa shape index (κ1) is 12.5. The highest BCUT2D eigenvalue weighted by Crippen LogP contribution is 2.07. The van der Waals surface area contributed by atoms with Crippen molar-refractivity contribution in [3.8, 4) is 5.75 Å². The van der Waals surface area contributed by atoms with Crippen LogP contribution in [0.4, 0.5) is 0 Å². The van der Waals surface area contributed by atoms with E-state index in [1.165, 1.54) is 0 Å². The summed E-state index contributed by atoms with van der Waals surface area (Å²) in [6, 6.07) is 9.64. The van der Waals surface area contributed by atoms with Gasteiger partial charge in [-0.3, -0.25) is 4.79 Å². The molecule has 88 valence electrons. The third-order valence-corrected chi connectivity index (χ3v) is 2.03. The molecule has 0 saturated heterocycles. The molecule has 16 heavy (non-hydrogen) atoms. The topological polar surface area (TPSA) is 58.6 Å². The van der Waals surface area contributed by atoms with E-state index in [1.807, 2.05) is 30.3 Å². The third-order valence-electron chi connectivity index (χ3n) is 2.03. The molecular formula is C12H17NO3. The number of carbonyl (C=O) groups is 1. The summed E-state index contributed by atoms with van der Waals surface area (Å²) < 4.78 is 5.48. The van der Waals surface area contributed by atoms with E-state index in [1.54, 1.807) is 0 Å². The highest BCUT2D eigenvalue weighted by Gasteiger charge is 1.95. The monoisotopic (exact) mass is 223 g/mol. The van der Waals surface area contributed by atoms with Crippen LogP contribution in [-0.2, 0) is 4.79 Å². The predicted molar refractivity (Wildman–Crippen MR) is 61.7 cm³/mol. The first-order valence-corrected chi connectivity index (χ1v) is 5.39. The normalized spacial score (nSPS) is 10.0. The summed E-state index contributed by atoms with van der Waals surface area (Å²) >= 11 is 0. The molecule has 0 unspecified atom stereocenters. The van der Waals surface area contributed by atoms with Gasteiger partial charge in [0.2, 0.25) is 0 Å². The lowest BCUT2D eigenvalue weighted by molar-refractivity contribution is -0.136. The lowest BCUT2D eigenvalue weighted by atomic mass is 10.3. The average Bonchev–Trinajstić information content (AvgIpc) is 2.29. The van der Waals surface area contributed by atoms with Crippen LogP contribution in [0.1, 0.15) is 12.8 Å². The molecule has 0 aliphatic carbocycles. The summed E-state index contributed by atoms with van der Waals surface area (Å²) in [4.78, 5) is 10.2. The first-order valence-electron chi connectivity index (χ1n) is 5.39. The summed E-state index contributed by atoms with van der Waals surface area (Å²) in [5.41, 5.74) is 0. The van der Waals surface area contributed by atoms with Gasteiger partial charge < -0.3 is 15.2 Å². The highest BCUT2D eigenvalue weighted by atomic mass is 16.5. The molecule has 0 spiro atoms. The maximum atomic E-state index is 10.2. The summed E-state index contributed by atoms with van der Waals surface area (Å²) in [6.45, 7) is 1.94. The van der Waals surface area contributed by atoms with E-state index in [-0.39, 0.29) is 6.42 Å². The molecule has 1 aromatic carbocycles. The number of rotatable bonds is 8. The Morgan fingerprint density at radius 3 is 2.69 bits per heavy atom. The van der Waals surface area contributed by atoms with Crippen LogP contribution in [0.5, 0.6) is 5.75 Å². The third kappa shape index (κ3) is 6.03. The second kappa shape index (κ2) is 7.70. The maximum absolute atomic E-state index is 10.2. The van der Waals surface area contributed by atoms with Gasteiger partial charge >= 0.3 is 5.97 Å². The molecule has 4 heteroatoms. The van der Waals surface area contributed by atoms with E-state index in [0.717, 1.165) is 18.7 Å². The zero-order valence-electron chi connectivity index (χ0n) is 9.19. The van der Waals surface area contributed by atoms with Crippen LogP contribution in [0, 0.1) is 0 Å². The fourth-order valence-electron chi connectivity index (χ4n) is 1.22. The smallest absolute Gasteiger partial charge is 0.304 e. The van der Waals surface area contributed by atoms with Crippen molar-refractivity contribution in [1.82, 2.24) is 5.32 Å². The number of para-hydroxylation sites is 1. The molecule has 4 nitrogen and oxygen atoms in total. The number of aliphatic carboxylic acids is 1. The summed E-state index contributed by atoms with van der Waals surface area (Å²) in [7, 11) is 0. The van der Waals surface area contributed by atoms with Crippen molar-refractivity contribution in [3.05, 3.63) is 30.3 Å². The summed E-state index contributed by atoms with van der Waals surface area (Å²) in [6.07, 6.45) is 1.04. The fourth-order valence-corrected chi connectivity index (χ4v) is 1.22. The Morgan fingerprint density at radius 2 is 2.00 bits per heavy atom. The molecule has 0 bridgehead atoms. The standard InChI is InChI=1S/C12H17NO3/c14-12(15)7-9-13-8-4-10-16-11-5-2-1-3-6-11/h1-3,5-6,13H,4,7-10H2,(H,14,15). The minimum Gasteiger partial charge on any atom is -0.494 e. The Hall–Kier alpha value is -1.55. The van der Waals surface area contributed by atoms with Gasteiger partial charge in [0.15, 0.2) is 0 Å². The summed E-state index contributed by atoms with van der Waals surface area (Å²) in [5, 5.41) is 11.4. The van der Waals surface area contributed by atoms with Gasteiger partial charge in [0.25, 0.3) is 0 Å². The Morgan fingerprint density at radius 1 is 1.25 bits per heavy atom. The Kier molecular flexibility index (Phi) is 6.03. The Labute approximate surface area is 95.2 Å². The van der Waals surface area contributed by atoms with Crippen molar-refractivity contribution in [1.29, 1.82) is 0 Å². The van der Waals surface area contributed by atoms with E-state index in [4.69, 9.17) is 9.84 Å². The minimum absolute atomic E-state index is 0.166. The zero-order valence-corrected chi connectivity index (χ0v) is 9.19.